The van der Waals surface area contributed by atoms with Gasteiger partial charge in [-0.05, 0) is 61.9 Å². The van der Waals surface area contributed by atoms with Crippen LogP contribution in [-0.4, -0.2) is 16.9 Å². The molecule has 0 aliphatic carbocycles. The van der Waals surface area contributed by atoms with Crippen molar-refractivity contribution >= 4 is 32.5 Å². The summed E-state index contributed by atoms with van der Waals surface area (Å²) in [4.78, 5) is 18.8. The van der Waals surface area contributed by atoms with E-state index in [1.54, 1.807) is 17.4 Å². The van der Waals surface area contributed by atoms with Crippen molar-refractivity contribution in [1.29, 1.82) is 0 Å². The molecule has 0 radical (unpaired) electrons. The molecule has 0 aliphatic heterocycles. The van der Waals surface area contributed by atoms with Crippen molar-refractivity contribution in [2.24, 2.45) is 0 Å². The monoisotopic (exact) mass is 364 g/mol. The summed E-state index contributed by atoms with van der Waals surface area (Å²) in [5, 5.41) is 2.08. The molecule has 0 unspecified atom stereocenters. The van der Waals surface area contributed by atoms with Crippen LogP contribution in [0.25, 0.3) is 21.2 Å². The molecule has 0 saturated heterocycles. The second-order valence-electron chi connectivity index (χ2n) is 6.77. The fourth-order valence-corrected chi connectivity index (χ4v) is 4.23. The molecule has 0 atom stereocenters. The Morgan fingerprint density at radius 3 is 2.65 bits per heavy atom. The normalized spacial score (nSPS) is 11.7. The molecule has 2 heterocycles. The third kappa shape index (κ3) is 3.28. The van der Waals surface area contributed by atoms with E-state index in [2.05, 4.69) is 24.0 Å². The van der Waals surface area contributed by atoms with Gasteiger partial charge in [0.15, 0.2) is 0 Å². The van der Waals surface area contributed by atoms with E-state index in [4.69, 9.17) is 9.40 Å². The molecule has 132 valence electrons. The van der Waals surface area contributed by atoms with Gasteiger partial charge in [0.2, 0.25) is 0 Å². The average Bonchev–Trinajstić information content (AvgIpc) is 2.98. The number of hydrogen-bond donors (Lipinski definition) is 0. The van der Waals surface area contributed by atoms with Crippen LogP contribution >= 0.6 is 11.3 Å². The van der Waals surface area contributed by atoms with Crippen molar-refractivity contribution in [2.45, 2.75) is 26.9 Å². The highest BCUT2D eigenvalue weighted by atomic mass is 32.1. The Bertz CT molecular complexity index is 1130. The highest BCUT2D eigenvalue weighted by molar-refractivity contribution is 7.18. The first kappa shape index (κ1) is 16.9. The molecule has 26 heavy (non-hydrogen) atoms. The minimum absolute atomic E-state index is 0.302. The Morgan fingerprint density at radius 1 is 1.08 bits per heavy atom. The van der Waals surface area contributed by atoms with Gasteiger partial charge < -0.3 is 4.42 Å². The topological polar surface area (TPSA) is 46.3 Å². The van der Waals surface area contributed by atoms with Crippen molar-refractivity contribution in [3.05, 3.63) is 74.6 Å². The smallest absolute Gasteiger partial charge is 0.336 e. The highest BCUT2D eigenvalue weighted by Crippen LogP contribution is 2.25. The minimum Gasteiger partial charge on any atom is -0.423 e. The quantitative estimate of drug-likeness (QED) is 0.495. The van der Waals surface area contributed by atoms with Crippen molar-refractivity contribution in [3.8, 4) is 0 Å². The fraction of sp³-hybridized carbons (Fsp3) is 0.238. The van der Waals surface area contributed by atoms with E-state index in [0.717, 1.165) is 33.6 Å². The summed E-state index contributed by atoms with van der Waals surface area (Å²) >= 11 is 1.71. The Hall–Kier alpha value is -2.50. The third-order valence-corrected chi connectivity index (χ3v) is 5.65. The van der Waals surface area contributed by atoms with Crippen molar-refractivity contribution in [3.63, 3.8) is 0 Å². The van der Waals surface area contributed by atoms with Crippen LogP contribution < -0.4 is 5.63 Å². The lowest BCUT2D eigenvalue weighted by molar-refractivity contribution is 0.319. The predicted molar refractivity (Wildman–Crippen MR) is 107 cm³/mol. The maximum atomic E-state index is 12.0. The lowest BCUT2D eigenvalue weighted by atomic mass is 10.0. The molecule has 0 aliphatic rings. The maximum Gasteiger partial charge on any atom is 0.336 e. The Morgan fingerprint density at radius 2 is 1.85 bits per heavy atom. The SMILES string of the molecule is Cc1cc2oc(=O)cc(CN(C)Cc3nc4ccccc4s3)c2cc1C. The Kier molecular flexibility index (Phi) is 4.34. The number of aryl methyl sites for hydroxylation is 2. The number of aromatic nitrogens is 1. The van der Waals surface area contributed by atoms with Crippen LogP contribution in [0.5, 0.6) is 0 Å². The summed E-state index contributed by atoms with van der Waals surface area (Å²) < 4.78 is 6.60. The van der Waals surface area contributed by atoms with Gasteiger partial charge in [-0.25, -0.2) is 9.78 Å². The van der Waals surface area contributed by atoms with E-state index in [1.807, 2.05) is 38.2 Å². The number of thiazole rings is 1. The number of fused-ring (bicyclic) bond motifs is 2. The highest BCUT2D eigenvalue weighted by Gasteiger charge is 2.12. The van der Waals surface area contributed by atoms with Gasteiger partial charge >= 0.3 is 5.63 Å². The first-order valence-corrected chi connectivity index (χ1v) is 9.38. The number of benzene rings is 2. The summed E-state index contributed by atoms with van der Waals surface area (Å²) in [5.41, 5.74) is 4.70. The minimum atomic E-state index is -0.302. The molecule has 2 aromatic heterocycles. The zero-order valence-corrected chi connectivity index (χ0v) is 15.9. The summed E-state index contributed by atoms with van der Waals surface area (Å²) in [5.74, 6) is 0. The molecule has 4 nitrogen and oxygen atoms in total. The predicted octanol–water partition coefficient (Wildman–Crippen LogP) is 4.65. The molecule has 0 fully saturated rings. The number of hydrogen-bond acceptors (Lipinski definition) is 5. The zero-order valence-electron chi connectivity index (χ0n) is 15.1. The van der Waals surface area contributed by atoms with E-state index in [9.17, 15) is 4.79 Å². The second kappa shape index (κ2) is 6.67. The van der Waals surface area contributed by atoms with E-state index < -0.39 is 0 Å². The lowest BCUT2D eigenvalue weighted by Gasteiger charge is -2.16. The first-order chi connectivity index (χ1) is 12.5. The van der Waals surface area contributed by atoms with Gasteiger partial charge in [0, 0.05) is 18.0 Å². The van der Waals surface area contributed by atoms with Crippen LogP contribution in [0.4, 0.5) is 0 Å². The number of para-hydroxylation sites is 1. The molecule has 2 aromatic carbocycles. The molecule has 4 aromatic rings. The molecule has 4 rings (SSSR count). The Labute approximate surface area is 155 Å². The van der Waals surface area contributed by atoms with Gasteiger partial charge in [-0.1, -0.05) is 12.1 Å². The summed E-state index contributed by atoms with van der Waals surface area (Å²) in [6.07, 6.45) is 0. The summed E-state index contributed by atoms with van der Waals surface area (Å²) in [6.45, 7) is 5.52. The second-order valence-corrected chi connectivity index (χ2v) is 7.89. The van der Waals surface area contributed by atoms with Crippen LogP contribution in [0.15, 0.2) is 51.7 Å². The molecule has 0 bridgehead atoms. The molecule has 0 saturated carbocycles. The maximum absolute atomic E-state index is 12.0. The van der Waals surface area contributed by atoms with Gasteiger partial charge in [0.05, 0.1) is 16.8 Å². The van der Waals surface area contributed by atoms with Gasteiger partial charge in [0.1, 0.15) is 10.6 Å². The van der Waals surface area contributed by atoms with E-state index in [1.165, 1.54) is 10.3 Å². The van der Waals surface area contributed by atoms with Gasteiger partial charge in [-0.2, -0.15) is 0 Å². The van der Waals surface area contributed by atoms with Gasteiger partial charge in [0.25, 0.3) is 0 Å². The van der Waals surface area contributed by atoms with Crippen LogP contribution in [0.1, 0.15) is 21.7 Å². The van der Waals surface area contributed by atoms with E-state index in [-0.39, 0.29) is 5.63 Å². The fourth-order valence-electron chi connectivity index (χ4n) is 3.18. The largest absolute Gasteiger partial charge is 0.423 e. The molecular formula is C21H20N2O2S. The van der Waals surface area contributed by atoms with E-state index >= 15 is 0 Å². The standard InChI is InChI=1S/C21H20N2O2S/c1-13-8-16-15(10-21(24)25-18(16)9-14(13)2)11-23(3)12-20-22-17-6-4-5-7-19(17)26-20/h4-10H,11-12H2,1-3H3. The summed E-state index contributed by atoms with van der Waals surface area (Å²) in [7, 11) is 2.05. The molecular weight excluding hydrogens is 344 g/mol. The zero-order chi connectivity index (χ0) is 18.3. The van der Waals surface area contributed by atoms with Crippen LogP contribution in [0.3, 0.4) is 0 Å². The third-order valence-electron chi connectivity index (χ3n) is 4.63. The van der Waals surface area contributed by atoms with Crippen molar-refractivity contribution in [1.82, 2.24) is 9.88 Å². The molecule has 5 heteroatoms. The number of nitrogens with zero attached hydrogens (tertiary/aromatic N) is 2. The first-order valence-electron chi connectivity index (χ1n) is 8.56. The Balaban J connectivity index is 1.63. The van der Waals surface area contributed by atoms with Crippen LogP contribution in [0, 0.1) is 13.8 Å². The lowest BCUT2D eigenvalue weighted by Crippen LogP contribution is -2.18. The van der Waals surface area contributed by atoms with Crippen LogP contribution in [0.2, 0.25) is 0 Å². The van der Waals surface area contributed by atoms with Gasteiger partial charge in [-0.15, -0.1) is 11.3 Å². The number of rotatable bonds is 4. The van der Waals surface area contributed by atoms with Crippen LogP contribution in [-0.2, 0) is 13.1 Å². The van der Waals surface area contributed by atoms with E-state index in [0.29, 0.717) is 12.1 Å². The molecule has 0 amide bonds. The van der Waals surface area contributed by atoms with Crippen molar-refractivity contribution in [2.75, 3.05) is 7.05 Å². The molecule has 0 spiro atoms. The van der Waals surface area contributed by atoms with Gasteiger partial charge in [-0.3, -0.25) is 4.90 Å². The average molecular weight is 364 g/mol. The summed E-state index contributed by atoms with van der Waals surface area (Å²) in [6, 6.07) is 13.8. The molecule has 0 N–H and O–H groups in total. The van der Waals surface area contributed by atoms with Crippen molar-refractivity contribution < 1.29 is 4.42 Å².